The molecule has 0 bridgehead atoms. The van der Waals surface area contributed by atoms with Crippen LogP contribution >= 0.6 is 0 Å². The van der Waals surface area contributed by atoms with Crippen molar-refractivity contribution in [3.05, 3.63) is 41.2 Å². The number of nitrogens with zero attached hydrogens (tertiary/aromatic N) is 3. The fourth-order valence-electron chi connectivity index (χ4n) is 4.40. The molecule has 0 aliphatic rings. The van der Waals surface area contributed by atoms with Crippen LogP contribution in [0.5, 0.6) is 0 Å². The first-order valence-electron chi connectivity index (χ1n) is 15.7. The van der Waals surface area contributed by atoms with E-state index in [1.165, 1.54) is 10.7 Å². The van der Waals surface area contributed by atoms with Gasteiger partial charge in [-0.2, -0.15) is 0 Å². The van der Waals surface area contributed by atoms with Gasteiger partial charge in [0.1, 0.15) is 6.04 Å². The van der Waals surface area contributed by atoms with Crippen molar-refractivity contribution >= 4 is 35.8 Å². The molecule has 18 heteroatoms. The van der Waals surface area contributed by atoms with Crippen LogP contribution in [0.15, 0.2) is 24.4 Å². The predicted molar refractivity (Wildman–Crippen MR) is 170 cm³/mol. The summed E-state index contributed by atoms with van der Waals surface area (Å²) in [6.45, 7) is 0.855. The van der Waals surface area contributed by atoms with Gasteiger partial charge < -0.3 is 42.5 Å². The molecule has 0 fully saturated rings. The van der Waals surface area contributed by atoms with Crippen molar-refractivity contribution in [3.63, 3.8) is 0 Å². The molecule has 1 heterocycles. The molecule has 48 heavy (non-hydrogen) atoms. The van der Waals surface area contributed by atoms with E-state index in [2.05, 4.69) is 36.9 Å². The highest BCUT2D eigenvalue weighted by Crippen LogP contribution is 2.16. The number of aliphatic carboxylic acids is 2. The number of nitrogens with one attached hydrogen (secondary N) is 5. The van der Waals surface area contributed by atoms with E-state index in [0.29, 0.717) is 69.5 Å². The zero-order valence-corrected chi connectivity index (χ0v) is 26.6. The quantitative estimate of drug-likeness (QED) is 0.0781. The summed E-state index contributed by atoms with van der Waals surface area (Å²) in [7, 11) is 0. The number of carbonyl (C=O) groups excluding carboxylic acids is 4. The normalized spacial score (nSPS) is 11.3. The van der Waals surface area contributed by atoms with Gasteiger partial charge in [0.05, 0.1) is 24.3 Å². The lowest BCUT2D eigenvalue weighted by Gasteiger charge is -2.14. The van der Waals surface area contributed by atoms with Crippen LogP contribution in [0.4, 0.5) is 14.0 Å². The number of hydrogen-bond donors (Lipinski definition) is 8. The number of carboxylic acid groups (broad SMARTS) is 2. The van der Waals surface area contributed by atoms with Gasteiger partial charge in [-0.3, -0.25) is 18.8 Å². The minimum absolute atomic E-state index is 0.213. The summed E-state index contributed by atoms with van der Waals surface area (Å²) < 4.78 is 14.0. The van der Waals surface area contributed by atoms with Crippen molar-refractivity contribution < 1.29 is 43.4 Å². The third-order valence-electron chi connectivity index (χ3n) is 6.93. The molecule has 1 aromatic carbocycles. The van der Waals surface area contributed by atoms with Gasteiger partial charge >= 0.3 is 24.0 Å². The van der Waals surface area contributed by atoms with Gasteiger partial charge in [-0.1, -0.05) is 5.21 Å². The molecule has 17 nitrogen and oxygen atoms in total. The third-order valence-corrected chi connectivity index (χ3v) is 6.93. The molecule has 0 aliphatic heterocycles. The fraction of sp³-hybridized carbons (Fsp3) is 0.533. The van der Waals surface area contributed by atoms with Crippen LogP contribution < -0.4 is 32.3 Å². The summed E-state index contributed by atoms with van der Waals surface area (Å²) in [5.41, 5.74) is 6.46. The van der Waals surface area contributed by atoms with E-state index in [1.807, 2.05) is 0 Å². The van der Waals surface area contributed by atoms with Crippen molar-refractivity contribution in [1.82, 2.24) is 41.6 Å². The summed E-state index contributed by atoms with van der Waals surface area (Å²) in [5, 5.41) is 38.9. The number of primary amides is 1. The van der Waals surface area contributed by atoms with E-state index in [-0.39, 0.29) is 30.5 Å². The molecule has 1 atom stereocenters. The second-order valence-corrected chi connectivity index (χ2v) is 10.9. The van der Waals surface area contributed by atoms with Crippen LogP contribution in [0.3, 0.4) is 0 Å². The molecule has 9 N–H and O–H groups in total. The van der Waals surface area contributed by atoms with Crippen LogP contribution in [-0.2, 0) is 16.0 Å². The first kappa shape index (κ1) is 38.9. The maximum absolute atomic E-state index is 13.1. The molecular weight excluding hydrogens is 633 g/mol. The number of aryl methyl sites for hydroxylation is 1. The lowest BCUT2D eigenvalue weighted by molar-refractivity contribution is -0.140. The van der Waals surface area contributed by atoms with Crippen LogP contribution in [0.1, 0.15) is 84.2 Å². The Hall–Kier alpha value is -5.29. The summed E-state index contributed by atoms with van der Waals surface area (Å²) in [4.78, 5) is 70.7. The Balaban J connectivity index is 1.91. The first-order valence-corrected chi connectivity index (χ1v) is 15.7. The van der Waals surface area contributed by atoms with Gasteiger partial charge in [-0.05, 0) is 76.0 Å². The number of unbranched alkanes of at least 4 members (excludes halogenated alkanes) is 4. The fourth-order valence-corrected chi connectivity index (χ4v) is 4.40. The van der Waals surface area contributed by atoms with Crippen molar-refractivity contribution in [1.29, 1.82) is 0 Å². The minimum Gasteiger partial charge on any atom is -0.481 e. The topological polar surface area (TPSA) is 260 Å². The highest BCUT2D eigenvalue weighted by molar-refractivity contribution is 6.00. The summed E-state index contributed by atoms with van der Waals surface area (Å²) >= 11 is 0. The molecule has 0 saturated carbocycles. The van der Waals surface area contributed by atoms with Crippen LogP contribution in [0.25, 0.3) is 5.69 Å². The van der Waals surface area contributed by atoms with E-state index >= 15 is 0 Å². The Labute approximate surface area is 276 Å². The molecule has 0 radical (unpaired) electrons. The zero-order chi connectivity index (χ0) is 35.3. The van der Waals surface area contributed by atoms with Gasteiger partial charge in [0.2, 0.25) is 0 Å². The van der Waals surface area contributed by atoms with Gasteiger partial charge in [-0.25, -0.2) is 19.1 Å². The lowest BCUT2D eigenvalue weighted by atomic mass is 10.1. The maximum atomic E-state index is 13.1. The zero-order valence-electron chi connectivity index (χ0n) is 26.6. The van der Waals surface area contributed by atoms with E-state index in [4.69, 9.17) is 15.9 Å². The average molecular weight is 678 g/mol. The lowest BCUT2D eigenvalue weighted by Crippen LogP contribution is -2.46. The highest BCUT2D eigenvalue weighted by Gasteiger charge is 2.20. The second-order valence-electron chi connectivity index (χ2n) is 10.9. The van der Waals surface area contributed by atoms with Gasteiger partial charge in [0.15, 0.2) is 0 Å². The van der Waals surface area contributed by atoms with E-state index in [0.717, 1.165) is 6.42 Å². The highest BCUT2D eigenvalue weighted by atomic mass is 19.1. The third kappa shape index (κ3) is 15.3. The molecule has 0 aliphatic carbocycles. The average Bonchev–Trinajstić information content (AvgIpc) is 3.53. The summed E-state index contributed by atoms with van der Waals surface area (Å²) in [5.74, 6) is -3.32. The van der Waals surface area contributed by atoms with Crippen molar-refractivity contribution in [3.8, 4) is 5.69 Å². The van der Waals surface area contributed by atoms with Gasteiger partial charge in [0, 0.05) is 43.7 Å². The molecule has 0 unspecified atom stereocenters. The number of nitrogens with two attached hydrogens (primary N) is 1. The number of carbonyl (C=O) groups is 6. The first-order chi connectivity index (χ1) is 23.0. The number of hydrogen-bond acceptors (Lipinski definition) is 8. The maximum Gasteiger partial charge on any atom is 0.326 e. The molecule has 2 aromatic rings. The number of amides is 6. The molecule has 1 aromatic heterocycles. The summed E-state index contributed by atoms with van der Waals surface area (Å²) in [6.07, 6.45) is 5.47. The Bertz CT molecular complexity index is 1390. The Morgan fingerprint density at radius 2 is 1.35 bits per heavy atom. The number of alkyl halides is 1. The number of carboxylic acids is 2. The minimum atomic E-state index is -1.33. The van der Waals surface area contributed by atoms with Crippen molar-refractivity contribution in [2.45, 2.75) is 70.3 Å². The second kappa shape index (κ2) is 21.5. The van der Waals surface area contributed by atoms with E-state index in [9.17, 15) is 33.2 Å². The summed E-state index contributed by atoms with van der Waals surface area (Å²) in [6, 6.07) is 1.97. The number of halogens is 1. The number of benzene rings is 1. The van der Waals surface area contributed by atoms with Crippen LogP contribution in [-0.4, -0.2) is 99.9 Å². The van der Waals surface area contributed by atoms with Crippen molar-refractivity contribution in [2.75, 3.05) is 32.9 Å². The van der Waals surface area contributed by atoms with Gasteiger partial charge in [-0.15, -0.1) is 5.10 Å². The molecule has 6 amide bonds. The Morgan fingerprint density at radius 3 is 1.88 bits per heavy atom. The molecule has 2 rings (SSSR count). The molecule has 0 saturated heterocycles. The van der Waals surface area contributed by atoms with Gasteiger partial charge in [0.25, 0.3) is 11.8 Å². The molecular formula is C30H44FN9O8. The SMILES string of the molecule is NC(=O)NCCCCCNC(=O)c1cc(C(=O)NCCCCCNC(=O)N[C@@H](CCC(=O)O)C(=O)O)cc(-n2cc(CCCF)nn2)c1. The van der Waals surface area contributed by atoms with Crippen LogP contribution in [0.2, 0.25) is 0 Å². The molecule has 264 valence electrons. The Kier molecular flexibility index (Phi) is 17.4. The standard InChI is InChI=1S/C30H44FN9O8/c31-11-7-8-22-19-40(39-38-22)23-17-20(26(43)33-12-3-1-5-14-35-29(32)47)16-21(18-23)27(44)34-13-4-2-6-15-36-30(48)37-24(28(45)46)9-10-25(41)42/h16-19,24H,1-15H2,(H,33,43)(H,34,44)(H,41,42)(H,45,46)(H3,32,35,47)(H2,36,37,48)/t24-/m0/s1. The predicted octanol–water partition coefficient (Wildman–Crippen LogP) is 1.26. The Morgan fingerprint density at radius 1 is 0.792 bits per heavy atom. The monoisotopic (exact) mass is 677 g/mol. The van der Waals surface area contributed by atoms with Crippen LogP contribution in [0, 0.1) is 0 Å². The van der Waals surface area contributed by atoms with E-state index < -0.39 is 55.0 Å². The number of rotatable bonds is 23. The van der Waals surface area contributed by atoms with E-state index in [1.54, 1.807) is 18.3 Å². The number of urea groups is 2. The molecule has 0 spiro atoms. The smallest absolute Gasteiger partial charge is 0.326 e. The largest absolute Gasteiger partial charge is 0.481 e. The number of aromatic nitrogens is 3. The van der Waals surface area contributed by atoms with Crippen molar-refractivity contribution in [2.24, 2.45) is 5.73 Å².